The second-order valence-corrected chi connectivity index (χ2v) is 6.83. The molecule has 1 N–H and O–H groups in total. The van der Waals surface area contributed by atoms with Crippen LogP contribution in [0.2, 0.25) is 5.02 Å². The van der Waals surface area contributed by atoms with Crippen molar-refractivity contribution in [1.29, 1.82) is 0 Å². The van der Waals surface area contributed by atoms with Gasteiger partial charge in [0.15, 0.2) is 11.5 Å². The SMILES string of the molecule is COc1cc(C(=O)Nc2cccc([N+](=O)[O-])c2C)cc(Cl)c1OCc1ccccc1. The van der Waals surface area contributed by atoms with E-state index in [9.17, 15) is 14.9 Å². The number of nitrogens with one attached hydrogen (secondary N) is 1. The van der Waals surface area contributed by atoms with Crippen LogP contribution >= 0.6 is 11.6 Å². The number of rotatable bonds is 7. The number of nitro groups is 1. The molecule has 7 nitrogen and oxygen atoms in total. The molecule has 154 valence electrons. The number of halogens is 1. The number of methoxy groups -OCH3 is 1. The van der Waals surface area contributed by atoms with Crippen molar-refractivity contribution in [2.24, 2.45) is 0 Å². The molecule has 0 aliphatic carbocycles. The van der Waals surface area contributed by atoms with Crippen LogP contribution in [0.1, 0.15) is 21.5 Å². The number of nitro benzene ring substituents is 1. The zero-order valence-corrected chi connectivity index (χ0v) is 17.1. The average molecular weight is 427 g/mol. The fourth-order valence-corrected chi connectivity index (χ4v) is 3.14. The normalized spacial score (nSPS) is 10.4. The van der Waals surface area contributed by atoms with Crippen molar-refractivity contribution in [1.82, 2.24) is 0 Å². The molecule has 8 heteroatoms. The molecule has 3 rings (SSSR count). The van der Waals surface area contributed by atoms with Crippen molar-refractivity contribution in [3.8, 4) is 11.5 Å². The molecule has 0 fully saturated rings. The third kappa shape index (κ3) is 4.69. The van der Waals surface area contributed by atoms with Crippen LogP contribution in [0.5, 0.6) is 11.5 Å². The van der Waals surface area contributed by atoms with Crippen molar-refractivity contribution in [3.63, 3.8) is 0 Å². The highest BCUT2D eigenvalue weighted by Crippen LogP contribution is 2.37. The maximum Gasteiger partial charge on any atom is 0.274 e. The molecule has 0 aromatic heterocycles. The van der Waals surface area contributed by atoms with Crippen LogP contribution in [0.4, 0.5) is 11.4 Å². The highest BCUT2D eigenvalue weighted by Gasteiger charge is 2.19. The van der Waals surface area contributed by atoms with Crippen LogP contribution in [-0.4, -0.2) is 17.9 Å². The Labute approximate surface area is 178 Å². The smallest absolute Gasteiger partial charge is 0.274 e. The minimum absolute atomic E-state index is 0.0759. The lowest BCUT2D eigenvalue weighted by Gasteiger charge is -2.15. The highest BCUT2D eigenvalue weighted by atomic mass is 35.5. The lowest BCUT2D eigenvalue weighted by atomic mass is 10.1. The monoisotopic (exact) mass is 426 g/mol. The third-order valence-electron chi connectivity index (χ3n) is 4.47. The lowest BCUT2D eigenvalue weighted by Crippen LogP contribution is -2.13. The quantitative estimate of drug-likeness (QED) is 0.403. The van der Waals surface area contributed by atoms with Gasteiger partial charge in [-0.3, -0.25) is 14.9 Å². The fourth-order valence-electron chi connectivity index (χ4n) is 2.87. The van der Waals surface area contributed by atoms with E-state index in [1.54, 1.807) is 13.0 Å². The second-order valence-electron chi connectivity index (χ2n) is 6.42. The number of benzene rings is 3. The molecule has 0 saturated carbocycles. The first-order valence-electron chi connectivity index (χ1n) is 9.00. The molecule has 3 aromatic rings. The standard InChI is InChI=1S/C22H19ClN2O5/c1-14-18(9-6-10-19(14)25(27)28)24-22(26)16-11-17(23)21(20(12-16)29-2)30-13-15-7-4-3-5-8-15/h3-12H,13H2,1-2H3,(H,24,26). The molecule has 0 aliphatic heterocycles. The van der Waals surface area contributed by atoms with Crippen molar-refractivity contribution >= 4 is 28.9 Å². The van der Waals surface area contributed by atoms with E-state index < -0.39 is 10.8 Å². The Balaban J connectivity index is 1.83. The number of ether oxygens (including phenoxy) is 2. The summed E-state index contributed by atoms with van der Waals surface area (Å²) < 4.78 is 11.1. The Hall–Kier alpha value is -3.58. The molecular formula is C22H19ClN2O5. The van der Waals surface area contributed by atoms with Gasteiger partial charge in [-0.25, -0.2) is 0 Å². The fraction of sp³-hybridized carbons (Fsp3) is 0.136. The van der Waals surface area contributed by atoms with E-state index >= 15 is 0 Å². The van der Waals surface area contributed by atoms with Crippen LogP contribution in [0.3, 0.4) is 0 Å². The molecule has 0 spiro atoms. The molecule has 0 radical (unpaired) electrons. The molecule has 0 bridgehead atoms. The number of anilines is 1. The number of hydrogen-bond donors (Lipinski definition) is 1. The summed E-state index contributed by atoms with van der Waals surface area (Å²) in [6, 6.07) is 17.0. The van der Waals surface area contributed by atoms with Gasteiger partial charge in [0.05, 0.1) is 28.3 Å². The van der Waals surface area contributed by atoms with E-state index in [-0.39, 0.29) is 22.9 Å². The number of nitrogens with zero attached hydrogens (tertiary/aromatic N) is 1. The van der Waals surface area contributed by atoms with Gasteiger partial charge in [0.1, 0.15) is 6.61 Å². The van der Waals surface area contributed by atoms with Gasteiger partial charge in [-0.15, -0.1) is 0 Å². The first-order chi connectivity index (χ1) is 14.4. The number of carbonyl (C=O) groups excluding carboxylic acids is 1. The summed E-state index contributed by atoms with van der Waals surface area (Å²) in [5, 5.41) is 14.0. The molecule has 0 saturated heterocycles. The van der Waals surface area contributed by atoms with Crippen LogP contribution in [-0.2, 0) is 6.61 Å². The van der Waals surface area contributed by atoms with Crippen molar-refractivity contribution < 1.29 is 19.2 Å². The van der Waals surface area contributed by atoms with Gasteiger partial charge >= 0.3 is 0 Å². The van der Waals surface area contributed by atoms with Crippen LogP contribution in [0, 0.1) is 17.0 Å². The Morgan fingerprint density at radius 3 is 2.53 bits per heavy atom. The van der Waals surface area contributed by atoms with E-state index in [0.29, 0.717) is 22.7 Å². The Morgan fingerprint density at radius 1 is 1.13 bits per heavy atom. The van der Waals surface area contributed by atoms with Crippen LogP contribution < -0.4 is 14.8 Å². The van der Waals surface area contributed by atoms with E-state index in [4.69, 9.17) is 21.1 Å². The van der Waals surface area contributed by atoms with Gasteiger partial charge in [0.2, 0.25) is 0 Å². The van der Waals surface area contributed by atoms with Crippen molar-refractivity contribution in [2.75, 3.05) is 12.4 Å². The summed E-state index contributed by atoms with van der Waals surface area (Å²) in [4.78, 5) is 23.3. The average Bonchev–Trinajstić information content (AvgIpc) is 2.74. The summed E-state index contributed by atoms with van der Waals surface area (Å²) in [7, 11) is 1.45. The maximum absolute atomic E-state index is 12.7. The molecule has 30 heavy (non-hydrogen) atoms. The Bertz CT molecular complexity index is 1090. The summed E-state index contributed by atoms with van der Waals surface area (Å²) in [5.41, 5.74) is 1.81. The highest BCUT2D eigenvalue weighted by molar-refractivity contribution is 6.32. The van der Waals surface area contributed by atoms with Gasteiger partial charge in [-0.2, -0.15) is 0 Å². The zero-order chi connectivity index (χ0) is 21.7. The molecule has 0 aliphatic rings. The van der Waals surface area contributed by atoms with Gasteiger partial charge in [-0.05, 0) is 30.7 Å². The number of amides is 1. The van der Waals surface area contributed by atoms with Gasteiger partial charge in [0, 0.05) is 11.6 Å². The van der Waals surface area contributed by atoms with E-state index in [0.717, 1.165) is 5.56 Å². The molecule has 0 heterocycles. The van der Waals surface area contributed by atoms with Crippen molar-refractivity contribution in [2.45, 2.75) is 13.5 Å². The number of carbonyl (C=O) groups is 1. The summed E-state index contributed by atoms with van der Waals surface area (Å²) in [5.74, 6) is 0.152. The van der Waals surface area contributed by atoms with E-state index in [2.05, 4.69) is 5.32 Å². The molecule has 1 amide bonds. The topological polar surface area (TPSA) is 90.7 Å². The first-order valence-corrected chi connectivity index (χ1v) is 9.38. The lowest BCUT2D eigenvalue weighted by molar-refractivity contribution is -0.385. The molecular weight excluding hydrogens is 408 g/mol. The zero-order valence-electron chi connectivity index (χ0n) is 16.3. The van der Waals surface area contributed by atoms with Crippen LogP contribution in [0.15, 0.2) is 60.7 Å². The molecule has 0 unspecified atom stereocenters. The Kier molecular flexibility index (Phi) is 6.54. The molecule has 3 aromatic carbocycles. The van der Waals surface area contributed by atoms with Crippen molar-refractivity contribution in [3.05, 3.63) is 92.5 Å². The summed E-state index contributed by atoms with van der Waals surface area (Å²) in [6.45, 7) is 1.86. The number of hydrogen-bond acceptors (Lipinski definition) is 5. The van der Waals surface area contributed by atoms with Crippen LogP contribution in [0.25, 0.3) is 0 Å². The first kappa shape index (κ1) is 21.1. The minimum atomic E-state index is -0.496. The predicted molar refractivity (Wildman–Crippen MR) is 115 cm³/mol. The van der Waals surface area contributed by atoms with Gasteiger partial charge in [0.25, 0.3) is 11.6 Å². The predicted octanol–water partition coefficient (Wildman–Crippen LogP) is 5.40. The minimum Gasteiger partial charge on any atom is -0.493 e. The summed E-state index contributed by atoms with van der Waals surface area (Å²) in [6.07, 6.45) is 0. The third-order valence-corrected chi connectivity index (χ3v) is 4.75. The van der Waals surface area contributed by atoms with E-state index in [1.165, 1.54) is 31.4 Å². The summed E-state index contributed by atoms with van der Waals surface area (Å²) >= 11 is 6.35. The van der Waals surface area contributed by atoms with Gasteiger partial charge in [-0.1, -0.05) is 48.0 Å². The largest absolute Gasteiger partial charge is 0.493 e. The van der Waals surface area contributed by atoms with E-state index in [1.807, 2.05) is 30.3 Å². The second kappa shape index (κ2) is 9.28. The van der Waals surface area contributed by atoms with Gasteiger partial charge < -0.3 is 14.8 Å². The Morgan fingerprint density at radius 2 is 1.87 bits per heavy atom. The maximum atomic E-state index is 12.7. The molecule has 0 atom stereocenters.